The molecule has 0 aliphatic carbocycles. The van der Waals surface area contributed by atoms with Crippen molar-refractivity contribution in [1.82, 2.24) is 0 Å². The van der Waals surface area contributed by atoms with Crippen molar-refractivity contribution < 1.29 is 26.9 Å². The number of halogens is 1. The number of hydrogen-bond donors (Lipinski definition) is 3. The maximum Gasteiger partial charge on any atom is 0.411 e. The van der Waals surface area contributed by atoms with Crippen molar-refractivity contribution in [2.24, 2.45) is 0 Å². The number of ether oxygens (including phenoxy) is 1. The van der Waals surface area contributed by atoms with E-state index in [9.17, 15) is 4.79 Å². The standard InChI is InChI=1S/C17H22N4O2.ClH/c1-4-23-17(22)20-14-5-6-15(21-16(14)18)19-10-13-8-11(2)7-12(3)9-13;/h5-9H,4,10H2,1-3H3,(H,20,22)(H3,18,19,21);1H. The van der Waals surface area contributed by atoms with Gasteiger partial charge in [0.2, 0.25) is 11.6 Å². The fourth-order valence-corrected chi connectivity index (χ4v) is 2.37. The van der Waals surface area contributed by atoms with Crippen molar-refractivity contribution in [3.05, 3.63) is 47.0 Å². The lowest BCUT2D eigenvalue weighted by Crippen LogP contribution is -3.00. The summed E-state index contributed by atoms with van der Waals surface area (Å²) in [6.07, 6.45) is -0.524. The second-order valence-corrected chi connectivity index (χ2v) is 5.39. The van der Waals surface area contributed by atoms with E-state index in [0.717, 1.165) is 5.82 Å². The van der Waals surface area contributed by atoms with Gasteiger partial charge in [-0.2, -0.15) is 0 Å². The van der Waals surface area contributed by atoms with Crippen LogP contribution in [0.4, 0.5) is 22.1 Å². The molecule has 0 unspecified atom stereocenters. The number of rotatable bonds is 5. The number of aromatic amines is 1. The lowest BCUT2D eigenvalue weighted by molar-refractivity contribution is -0.342. The Balaban J connectivity index is 0.00000288. The van der Waals surface area contributed by atoms with Gasteiger partial charge in [0.05, 0.1) is 13.2 Å². The number of benzene rings is 1. The summed E-state index contributed by atoms with van der Waals surface area (Å²) in [6.45, 7) is 6.90. The predicted octanol–water partition coefficient (Wildman–Crippen LogP) is -0.116. The molecular weight excluding hydrogens is 328 g/mol. The Morgan fingerprint density at radius 2 is 1.88 bits per heavy atom. The van der Waals surface area contributed by atoms with E-state index in [1.807, 2.05) is 6.07 Å². The zero-order valence-electron chi connectivity index (χ0n) is 14.1. The molecule has 0 bridgehead atoms. The molecule has 2 rings (SSSR count). The number of carbonyl (C=O) groups is 1. The molecule has 0 atom stereocenters. The number of nitrogens with one attached hydrogen (secondary N) is 3. The molecule has 0 saturated carbocycles. The molecule has 24 heavy (non-hydrogen) atoms. The molecule has 0 radical (unpaired) electrons. The summed E-state index contributed by atoms with van der Waals surface area (Å²) < 4.78 is 4.82. The van der Waals surface area contributed by atoms with Crippen LogP contribution in [0, 0.1) is 13.8 Å². The molecule has 1 heterocycles. The SMILES string of the molecule is CCOC(=O)Nc1ccc(NCc2cc(C)cc(C)c2)[nH+]c1N.[Cl-]. The van der Waals surface area contributed by atoms with E-state index < -0.39 is 6.09 Å². The van der Waals surface area contributed by atoms with E-state index in [-0.39, 0.29) is 12.4 Å². The number of carbonyl (C=O) groups excluding carboxylic acids is 1. The Hall–Kier alpha value is -2.47. The lowest BCUT2D eigenvalue weighted by atomic mass is 10.1. The van der Waals surface area contributed by atoms with Gasteiger partial charge in [-0.1, -0.05) is 29.3 Å². The molecule has 0 saturated heterocycles. The molecule has 1 amide bonds. The number of anilines is 3. The third kappa shape index (κ3) is 5.62. The summed E-state index contributed by atoms with van der Waals surface area (Å²) in [4.78, 5) is 14.4. The van der Waals surface area contributed by atoms with Crippen molar-refractivity contribution in [1.29, 1.82) is 0 Å². The molecule has 1 aromatic carbocycles. The predicted molar refractivity (Wildman–Crippen MR) is 91.3 cm³/mol. The van der Waals surface area contributed by atoms with E-state index in [2.05, 4.69) is 47.7 Å². The van der Waals surface area contributed by atoms with Crippen molar-refractivity contribution in [2.45, 2.75) is 27.3 Å². The highest BCUT2D eigenvalue weighted by Gasteiger charge is 2.10. The quantitative estimate of drug-likeness (QED) is 0.701. The third-order valence-electron chi connectivity index (χ3n) is 3.25. The van der Waals surface area contributed by atoms with Crippen molar-refractivity contribution in [3.8, 4) is 0 Å². The second kappa shape index (κ2) is 8.98. The van der Waals surface area contributed by atoms with Gasteiger partial charge in [-0.15, -0.1) is 0 Å². The van der Waals surface area contributed by atoms with Crippen molar-refractivity contribution in [3.63, 3.8) is 0 Å². The van der Waals surface area contributed by atoms with Crippen LogP contribution in [0.1, 0.15) is 23.6 Å². The number of nitrogens with two attached hydrogens (primary N) is 1. The summed E-state index contributed by atoms with van der Waals surface area (Å²) in [5, 5.41) is 5.86. The molecule has 0 spiro atoms. The normalized spacial score (nSPS) is 9.79. The highest BCUT2D eigenvalue weighted by molar-refractivity contribution is 5.87. The monoisotopic (exact) mass is 350 g/mol. The minimum Gasteiger partial charge on any atom is -1.00 e. The first kappa shape index (κ1) is 19.6. The molecule has 130 valence electrons. The smallest absolute Gasteiger partial charge is 0.411 e. The Bertz CT molecular complexity index is 687. The molecule has 2 aromatic rings. The molecule has 1 aromatic heterocycles. The highest BCUT2D eigenvalue weighted by atomic mass is 35.5. The average Bonchev–Trinajstić information content (AvgIpc) is 2.47. The first-order valence-corrected chi connectivity index (χ1v) is 7.54. The van der Waals surface area contributed by atoms with Crippen LogP contribution in [-0.4, -0.2) is 12.7 Å². The van der Waals surface area contributed by atoms with E-state index >= 15 is 0 Å². The Labute approximate surface area is 148 Å². The largest absolute Gasteiger partial charge is 1.00 e. The van der Waals surface area contributed by atoms with Crippen molar-refractivity contribution >= 4 is 23.4 Å². The lowest BCUT2D eigenvalue weighted by Gasteiger charge is -2.08. The number of H-pyrrole nitrogens is 1. The molecule has 6 nitrogen and oxygen atoms in total. The minimum atomic E-state index is -0.524. The molecule has 0 fully saturated rings. The van der Waals surface area contributed by atoms with Crippen LogP contribution < -0.4 is 33.8 Å². The first-order valence-electron chi connectivity index (χ1n) is 7.54. The zero-order chi connectivity index (χ0) is 16.8. The van der Waals surface area contributed by atoms with E-state index in [1.165, 1.54) is 16.7 Å². The highest BCUT2D eigenvalue weighted by Crippen LogP contribution is 2.16. The van der Waals surface area contributed by atoms with Crippen LogP contribution in [0.5, 0.6) is 0 Å². The van der Waals surface area contributed by atoms with Crippen LogP contribution in [0.2, 0.25) is 0 Å². The Morgan fingerprint density at radius 1 is 1.21 bits per heavy atom. The van der Waals surface area contributed by atoms with Gasteiger partial charge in [0.15, 0.2) is 0 Å². The second-order valence-electron chi connectivity index (χ2n) is 5.39. The number of pyridine rings is 1. The van der Waals surface area contributed by atoms with Crippen molar-refractivity contribution in [2.75, 3.05) is 23.0 Å². The van der Waals surface area contributed by atoms with Gasteiger partial charge in [-0.3, -0.25) is 5.32 Å². The fourth-order valence-electron chi connectivity index (χ4n) is 2.37. The summed E-state index contributed by atoms with van der Waals surface area (Å²) >= 11 is 0. The van der Waals surface area contributed by atoms with Gasteiger partial charge in [0.1, 0.15) is 5.69 Å². The first-order chi connectivity index (χ1) is 11.0. The van der Waals surface area contributed by atoms with Gasteiger partial charge in [-0.05, 0) is 32.4 Å². The van der Waals surface area contributed by atoms with E-state index in [0.29, 0.717) is 24.7 Å². The van der Waals surface area contributed by atoms with E-state index in [4.69, 9.17) is 10.5 Å². The summed E-state index contributed by atoms with van der Waals surface area (Å²) in [6, 6.07) is 9.97. The van der Waals surface area contributed by atoms with Gasteiger partial charge < -0.3 is 28.2 Å². The maximum atomic E-state index is 11.4. The Kier molecular flexibility index (Phi) is 7.32. The van der Waals surface area contributed by atoms with Crippen LogP contribution in [-0.2, 0) is 11.3 Å². The number of nitrogen functional groups attached to an aromatic ring is 1. The van der Waals surface area contributed by atoms with Gasteiger partial charge >= 0.3 is 6.09 Å². The van der Waals surface area contributed by atoms with Crippen LogP contribution in [0.3, 0.4) is 0 Å². The van der Waals surface area contributed by atoms with Gasteiger partial charge in [0.25, 0.3) is 0 Å². The van der Waals surface area contributed by atoms with E-state index in [1.54, 1.807) is 13.0 Å². The Morgan fingerprint density at radius 3 is 2.46 bits per heavy atom. The molecule has 0 aliphatic heterocycles. The number of hydrogen-bond acceptors (Lipinski definition) is 4. The molecule has 0 aliphatic rings. The van der Waals surface area contributed by atoms with Gasteiger partial charge in [0, 0.05) is 6.07 Å². The van der Waals surface area contributed by atoms with Crippen LogP contribution in [0.25, 0.3) is 0 Å². The van der Waals surface area contributed by atoms with Crippen LogP contribution in [0.15, 0.2) is 30.3 Å². The fraction of sp³-hybridized carbons (Fsp3) is 0.294. The third-order valence-corrected chi connectivity index (χ3v) is 3.25. The molecular formula is C17H23ClN4O2. The summed E-state index contributed by atoms with van der Waals surface area (Å²) in [7, 11) is 0. The number of aromatic nitrogens is 1. The molecule has 7 heteroatoms. The number of aryl methyl sites for hydroxylation is 2. The van der Waals surface area contributed by atoms with Crippen LogP contribution >= 0.6 is 0 Å². The topological polar surface area (TPSA) is 90.5 Å². The molecule has 5 N–H and O–H groups in total. The zero-order valence-corrected chi connectivity index (χ0v) is 14.8. The maximum absolute atomic E-state index is 11.4. The number of amides is 1. The minimum absolute atomic E-state index is 0. The summed E-state index contributed by atoms with van der Waals surface area (Å²) in [5.74, 6) is 1.14. The van der Waals surface area contributed by atoms with Gasteiger partial charge in [-0.25, -0.2) is 9.78 Å². The average molecular weight is 351 g/mol. The summed E-state index contributed by atoms with van der Waals surface area (Å²) in [5.41, 5.74) is 10.1.